The van der Waals surface area contributed by atoms with E-state index >= 15 is 0 Å². The third-order valence-corrected chi connectivity index (χ3v) is 3.60. The quantitative estimate of drug-likeness (QED) is 0.849. The van der Waals surface area contributed by atoms with Gasteiger partial charge in [0.05, 0.1) is 18.4 Å². The van der Waals surface area contributed by atoms with Crippen molar-refractivity contribution < 1.29 is 9.53 Å². The number of hydrogen-bond donors (Lipinski definition) is 1. The average Bonchev–Trinajstić information content (AvgIpc) is 2.91. The molecule has 3 heterocycles. The minimum Gasteiger partial charge on any atom is -0.465 e. The molecule has 0 spiro atoms. The second kappa shape index (κ2) is 6.05. The van der Waals surface area contributed by atoms with Crippen LogP contribution in [0.1, 0.15) is 28.9 Å². The van der Waals surface area contributed by atoms with Gasteiger partial charge in [-0.1, -0.05) is 7.43 Å². The standard InChI is InChI=1S/C14H16N4O2.CH4/c1-18-11(4-6-17-18)13-12(14(19)20-2)10-3-5-15-7-9(10)8-16-13;/h4,6,8,15H,3,5,7H2,1-2H3;1H4. The fourth-order valence-electron chi connectivity index (χ4n) is 2.59. The van der Waals surface area contributed by atoms with Gasteiger partial charge in [-0.15, -0.1) is 0 Å². The van der Waals surface area contributed by atoms with Crippen LogP contribution in [0.5, 0.6) is 0 Å². The summed E-state index contributed by atoms with van der Waals surface area (Å²) in [6.45, 7) is 1.59. The number of aromatic nitrogens is 3. The molecule has 0 aromatic carbocycles. The van der Waals surface area contributed by atoms with Crippen molar-refractivity contribution in [2.45, 2.75) is 20.4 Å². The van der Waals surface area contributed by atoms with Gasteiger partial charge < -0.3 is 10.1 Å². The van der Waals surface area contributed by atoms with Gasteiger partial charge >= 0.3 is 5.97 Å². The molecule has 0 aliphatic carbocycles. The van der Waals surface area contributed by atoms with E-state index in [0.717, 1.165) is 36.3 Å². The van der Waals surface area contributed by atoms with E-state index in [9.17, 15) is 4.79 Å². The van der Waals surface area contributed by atoms with Crippen LogP contribution in [0.2, 0.25) is 0 Å². The minimum atomic E-state index is -0.340. The van der Waals surface area contributed by atoms with Crippen molar-refractivity contribution in [3.05, 3.63) is 35.2 Å². The fraction of sp³-hybridized carbons (Fsp3) is 0.400. The highest BCUT2D eigenvalue weighted by Crippen LogP contribution is 2.28. The number of esters is 1. The van der Waals surface area contributed by atoms with E-state index < -0.39 is 0 Å². The Morgan fingerprint density at radius 1 is 1.48 bits per heavy atom. The number of rotatable bonds is 2. The number of hydrogen-bond acceptors (Lipinski definition) is 5. The molecule has 6 heteroatoms. The first-order valence-corrected chi connectivity index (χ1v) is 6.50. The number of aryl methyl sites for hydroxylation is 1. The lowest BCUT2D eigenvalue weighted by Gasteiger charge is -2.21. The molecule has 21 heavy (non-hydrogen) atoms. The van der Waals surface area contributed by atoms with E-state index in [0.29, 0.717) is 11.3 Å². The lowest BCUT2D eigenvalue weighted by molar-refractivity contribution is 0.0599. The van der Waals surface area contributed by atoms with Gasteiger partial charge in [0.25, 0.3) is 0 Å². The van der Waals surface area contributed by atoms with Crippen LogP contribution >= 0.6 is 0 Å². The molecule has 6 nitrogen and oxygen atoms in total. The predicted molar refractivity (Wildman–Crippen MR) is 79.9 cm³/mol. The molecule has 0 saturated heterocycles. The summed E-state index contributed by atoms with van der Waals surface area (Å²) in [6.07, 6.45) is 4.32. The molecule has 112 valence electrons. The van der Waals surface area contributed by atoms with Gasteiger partial charge in [0.1, 0.15) is 5.69 Å². The topological polar surface area (TPSA) is 69.0 Å². The molecule has 1 N–H and O–H groups in total. The second-order valence-electron chi connectivity index (χ2n) is 4.74. The van der Waals surface area contributed by atoms with Crippen molar-refractivity contribution in [1.29, 1.82) is 0 Å². The number of ether oxygens (including phenoxy) is 1. The highest BCUT2D eigenvalue weighted by molar-refractivity contribution is 5.97. The first-order valence-electron chi connectivity index (χ1n) is 6.50. The molecule has 0 atom stereocenters. The van der Waals surface area contributed by atoms with Crippen LogP contribution in [-0.2, 0) is 24.8 Å². The molecule has 0 saturated carbocycles. The van der Waals surface area contributed by atoms with E-state index in [1.165, 1.54) is 7.11 Å². The van der Waals surface area contributed by atoms with Gasteiger partial charge in [-0.2, -0.15) is 5.10 Å². The SMILES string of the molecule is C.COC(=O)c1c(-c2ccnn2C)ncc2c1CCNC2. The molecule has 0 amide bonds. The molecule has 2 aromatic rings. The molecular weight excluding hydrogens is 268 g/mol. The first kappa shape index (κ1) is 15.2. The molecule has 0 unspecified atom stereocenters. The van der Waals surface area contributed by atoms with Crippen molar-refractivity contribution in [3.63, 3.8) is 0 Å². The number of nitrogens with zero attached hydrogens (tertiary/aromatic N) is 3. The molecular formula is C15H20N4O2. The van der Waals surface area contributed by atoms with Crippen molar-refractivity contribution in [1.82, 2.24) is 20.1 Å². The maximum Gasteiger partial charge on any atom is 0.340 e. The number of pyridine rings is 1. The van der Waals surface area contributed by atoms with Gasteiger partial charge in [-0.25, -0.2) is 4.79 Å². The van der Waals surface area contributed by atoms with E-state index in [1.54, 1.807) is 10.9 Å². The summed E-state index contributed by atoms with van der Waals surface area (Å²) in [6, 6.07) is 1.85. The van der Waals surface area contributed by atoms with Gasteiger partial charge in [0.2, 0.25) is 0 Å². The number of carbonyl (C=O) groups excluding carboxylic acids is 1. The van der Waals surface area contributed by atoms with Crippen LogP contribution in [0.3, 0.4) is 0 Å². The summed E-state index contributed by atoms with van der Waals surface area (Å²) < 4.78 is 6.66. The molecule has 0 radical (unpaired) electrons. The second-order valence-corrected chi connectivity index (χ2v) is 4.74. The largest absolute Gasteiger partial charge is 0.465 e. The first-order chi connectivity index (χ1) is 9.72. The maximum absolute atomic E-state index is 12.2. The number of methoxy groups -OCH3 is 1. The van der Waals surface area contributed by atoms with Crippen LogP contribution in [0.25, 0.3) is 11.4 Å². The van der Waals surface area contributed by atoms with Crippen LogP contribution < -0.4 is 5.32 Å². The zero-order chi connectivity index (χ0) is 14.1. The molecule has 0 fully saturated rings. The van der Waals surface area contributed by atoms with Crippen LogP contribution in [0.15, 0.2) is 18.5 Å². The third kappa shape index (κ3) is 2.54. The molecule has 0 bridgehead atoms. The Kier molecular flexibility index (Phi) is 4.37. The summed E-state index contributed by atoms with van der Waals surface area (Å²) >= 11 is 0. The maximum atomic E-state index is 12.2. The zero-order valence-electron chi connectivity index (χ0n) is 11.5. The Morgan fingerprint density at radius 2 is 2.29 bits per heavy atom. The van der Waals surface area contributed by atoms with Gasteiger partial charge in [0, 0.05) is 26.0 Å². The molecule has 3 rings (SSSR count). The molecule has 2 aromatic heterocycles. The monoisotopic (exact) mass is 288 g/mol. The Morgan fingerprint density at radius 3 is 2.95 bits per heavy atom. The van der Waals surface area contributed by atoms with Crippen molar-refractivity contribution >= 4 is 5.97 Å². The van der Waals surface area contributed by atoms with Gasteiger partial charge in [-0.3, -0.25) is 9.67 Å². The Hall–Kier alpha value is -2.21. The average molecular weight is 288 g/mol. The van der Waals surface area contributed by atoms with E-state index in [1.807, 2.05) is 19.3 Å². The van der Waals surface area contributed by atoms with Crippen LogP contribution in [-0.4, -0.2) is 34.4 Å². The minimum absolute atomic E-state index is 0. The summed E-state index contributed by atoms with van der Waals surface area (Å²) in [4.78, 5) is 16.7. The van der Waals surface area contributed by atoms with E-state index in [4.69, 9.17) is 4.74 Å². The van der Waals surface area contributed by atoms with Crippen molar-refractivity contribution in [3.8, 4) is 11.4 Å². The summed E-state index contributed by atoms with van der Waals surface area (Å²) in [5.74, 6) is -0.340. The lowest BCUT2D eigenvalue weighted by Crippen LogP contribution is -2.26. The predicted octanol–water partition coefficient (Wildman–Crippen LogP) is 1.55. The number of nitrogens with one attached hydrogen (secondary N) is 1. The Balaban J connectivity index is 0.00000161. The Labute approximate surface area is 124 Å². The fourth-order valence-corrected chi connectivity index (χ4v) is 2.59. The van der Waals surface area contributed by atoms with Gasteiger partial charge in [-0.05, 0) is 30.2 Å². The summed E-state index contributed by atoms with van der Waals surface area (Å²) in [5, 5.41) is 7.42. The normalized spacial score (nSPS) is 13.2. The highest BCUT2D eigenvalue weighted by atomic mass is 16.5. The molecule has 1 aliphatic rings. The lowest BCUT2D eigenvalue weighted by atomic mass is 9.94. The highest BCUT2D eigenvalue weighted by Gasteiger charge is 2.25. The summed E-state index contributed by atoms with van der Waals surface area (Å²) in [7, 11) is 3.23. The zero-order valence-corrected chi connectivity index (χ0v) is 11.5. The van der Waals surface area contributed by atoms with Crippen molar-refractivity contribution in [2.24, 2.45) is 7.05 Å². The number of fused-ring (bicyclic) bond motifs is 1. The smallest absolute Gasteiger partial charge is 0.340 e. The molecule has 1 aliphatic heterocycles. The Bertz CT molecular complexity index is 664. The van der Waals surface area contributed by atoms with Crippen LogP contribution in [0.4, 0.5) is 0 Å². The van der Waals surface area contributed by atoms with E-state index in [2.05, 4.69) is 15.4 Å². The van der Waals surface area contributed by atoms with Crippen LogP contribution in [0, 0.1) is 0 Å². The van der Waals surface area contributed by atoms with Gasteiger partial charge in [0.15, 0.2) is 0 Å². The third-order valence-electron chi connectivity index (χ3n) is 3.60. The van der Waals surface area contributed by atoms with E-state index in [-0.39, 0.29) is 13.4 Å². The number of carbonyl (C=O) groups is 1. The summed E-state index contributed by atoms with van der Waals surface area (Å²) in [5.41, 5.74) is 4.10. The van der Waals surface area contributed by atoms with Crippen molar-refractivity contribution in [2.75, 3.05) is 13.7 Å².